The summed E-state index contributed by atoms with van der Waals surface area (Å²) in [5.74, 6) is 6.74. The second-order valence-corrected chi connectivity index (χ2v) is 3.11. The highest BCUT2D eigenvalue weighted by Crippen LogP contribution is 1.97. The molecule has 0 saturated carbocycles. The fraction of sp³-hybridized carbons (Fsp3) is 0.364. The van der Waals surface area contributed by atoms with E-state index in [-0.39, 0.29) is 0 Å². The fourth-order valence-electron chi connectivity index (χ4n) is 0.782. The summed E-state index contributed by atoms with van der Waals surface area (Å²) >= 11 is 0. The smallest absolute Gasteiger partial charge is 0.113 e. The van der Waals surface area contributed by atoms with Crippen LogP contribution in [-0.4, -0.2) is 4.98 Å². The van der Waals surface area contributed by atoms with Gasteiger partial charge in [-0.1, -0.05) is 25.8 Å². The van der Waals surface area contributed by atoms with Gasteiger partial charge in [0.05, 0.1) is 0 Å². The summed E-state index contributed by atoms with van der Waals surface area (Å²) in [4.78, 5) is 4.10. The van der Waals surface area contributed by atoms with Crippen molar-refractivity contribution in [3.8, 4) is 11.8 Å². The molecule has 0 spiro atoms. The van der Waals surface area contributed by atoms with E-state index >= 15 is 0 Å². The molecule has 0 fully saturated rings. The Morgan fingerprint density at radius 1 is 1.42 bits per heavy atom. The number of nitrogens with zero attached hydrogens (tertiary/aromatic N) is 1. The fourth-order valence-corrected chi connectivity index (χ4v) is 0.782. The topological polar surface area (TPSA) is 12.9 Å². The van der Waals surface area contributed by atoms with Gasteiger partial charge in [-0.15, -0.1) is 0 Å². The van der Waals surface area contributed by atoms with Gasteiger partial charge in [0.2, 0.25) is 0 Å². The highest BCUT2D eigenvalue weighted by Gasteiger charge is 1.87. The van der Waals surface area contributed by atoms with Crippen LogP contribution in [0.25, 0.3) is 0 Å². The Bertz CT molecular complexity index is 277. The number of pyridine rings is 1. The third-order valence-electron chi connectivity index (χ3n) is 1.39. The molecule has 62 valence electrons. The lowest BCUT2D eigenvalue weighted by Crippen LogP contribution is -1.83. The first-order chi connectivity index (χ1) is 5.79. The molecule has 0 aliphatic heterocycles. The summed E-state index contributed by atoms with van der Waals surface area (Å²) in [7, 11) is 0. The first-order valence-corrected chi connectivity index (χ1v) is 4.19. The molecule has 0 amide bonds. The molecular weight excluding hydrogens is 146 g/mol. The van der Waals surface area contributed by atoms with Crippen molar-refractivity contribution in [2.24, 2.45) is 5.92 Å². The Morgan fingerprint density at radius 3 is 2.83 bits per heavy atom. The van der Waals surface area contributed by atoms with Crippen molar-refractivity contribution >= 4 is 0 Å². The second kappa shape index (κ2) is 4.56. The molecule has 0 radical (unpaired) electrons. The van der Waals surface area contributed by atoms with Gasteiger partial charge in [0.15, 0.2) is 0 Å². The molecule has 0 aliphatic rings. The molecule has 0 aliphatic carbocycles. The van der Waals surface area contributed by atoms with E-state index in [1.54, 1.807) is 6.20 Å². The van der Waals surface area contributed by atoms with Crippen molar-refractivity contribution in [2.75, 3.05) is 0 Å². The summed E-state index contributed by atoms with van der Waals surface area (Å²) in [5, 5.41) is 0. The summed E-state index contributed by atoms with van der Waals surface area (Å²) in [6.07, 6.45) is 2.70. The van der Waals surface area contributed by atoms with Crippen LogP contribution in [0, 0.1) is 17.8 Å². The van der Waals surface area contributed by atoms with Crippen LogP contribution >= 0.6 is 0 Å². The van der Waals surface area contributed by atoms with Crippen molar-refractivity contribution in [1.82, 2.24) is 4.98 Å². The number of rotatable bonds is 1. The summed E-state index contributed by atoms with van der Waals surface area (Å²) in [6.45, 7) is 4.32. The quantitative estimate of drug-likeness (QED) is 0.574. The van der Waals surface area contributed by atoms with E-state index in [2.05, 4.69) is 30.7 Å². The Kier molecular flexibility index (Phi) is 3.35. The SMILES string of the molecule is CC(C)CC#Cc1ccccn1. The molecule has 1 nitrogen and oxygen atoms in total. The number of hydrogen-bond donors (Lipinski definition) is 0. The molecule has 1 heteroatoms. The molecule has 0 bridgehead atoms. The predicted molar refractivity (Wildman–Crippen MR) is 50.6 cm³/mol. The van der Waals surface area contributed by atoms with Crippen LogP contribution < -0.4 is 0 Å². The number of aromatic nitrogens is 1. The van der Waals surface area contributed by atoms with Gasteiger partial charge in [0.25, 0.3) is 0 Å². The van der Waals surface area contributed by atoms with Gasteiger partial charge in [0, 0.05) is 12.6 Å². The van der Waals surface area contributed by atoms with Gasteiger partial charge in [-0.05, 0) is 24.0 Å². The first-order valence-electron chi connectivity index (χ1n) is 4.19. The van der Waals surface area contributed by atoms with Crippen molar-refractivity contribution in [2.45, 2.75) is 20.3 Å². The largest absolute Gasteiger partial charge is 0.248 e. The first kappa shape index (κ1) is 8.80. The molecule has 0 N–H and O–H groups in total. The zero-order chi connectivity index (χ0) is 8.81. The molecule has 1 heterocycles. The maximum atomic E-state index is 4.10. The van der Waals surface area contributed by atoms with E-state index < -0.39 is 0 Å². The van der Waals surface area contributed by atoms with Gasteiger partial charge in [-0.25, -0.2) is 4.98 Å². The molecule has 0 atom stereocenters. The summed E-state index contributed by atoms with van der Waals surface area (Å²) in [5.41, 5.74) is 0.859. The van der Waals surface area contributed by atoms with E-state index in [4.69, 9.17) is 0 Å². The van der Waals surface area contributed by atoms with Crippen molar-refractivity contribution < 1.29 is 0 Å². The molecular formula is C11H13N. The Labute approximate surface area is 73.8 Å². The molecule has 1 rings (SSSR count). The van der Waals surface area contributed by atoms with E-state index in [1.807, 2.05) is 18.2 Å². The van der Waals surface area contributed by atoms with Crippen LogP contribution in [0.2, 0.25) is 0 Å². The lowest BCUT2D eigenvalue weighted by Gasteiger charge is -1.92. The lowest BCUT2D eigenvalue weighted by molar-refractivity contribution is 0.676. The molecule has 0 aromatic carbocycles. The molecule has 0 unspecified atom stereocenters. The van der Waals surface area contributed by atoms with Crippen molar-refractivity contribution in [3.05, 3.63) is 30.1 Å². The normalized spacial score (nSPS) is 9.25. The minimum Gasteiger partial charge on any atom is -0.248 e. The third kappa shape index (κ3) is 3.21. The highest BCUT2D eigenvalue weighted by atomic mass is 14.6. The lowest BCUT2D eigenvalue weighted by atomic mass is 10.1. The molecule has 12 heavy (non-hydrogen) atoms. The zero-order valence-corrected chi connectivity index (χ0v) is 7.54. The van der Waals surface area contributed by atoms with Gasteiger partial charge in [-0.2, -0.15) is 0 Å². The van der Waals surface area contributed by atoms with Crippen LogP contribution in [0.3, 0.4) is 0 Å². The standard InChI is InChI=1S/C11H13N/c1-10(2)6-5-8-11-7-3-4-9-12-11/h3-4,7,9-10H,6H2,1-2H3. The van der Waals surface area contributed by atoms with Crippen LogP contribution in [0.5, 0.6) is 0 Å². The van der Waals surface area contributed by atoms with Gasteiger partial charge in [0.1, 0.15) is 5.69 Å². The predicted octanol–water partition coefficient (Wildman–Crippen LogP) is 2.48. The van der Waals surface area contributed by atoms with Crippen molar-refractivity contribution in [1.29, 1.82) is 0 Å². The number of hydrogen-bond acceptors (Lipinski definition) is 1. The van der Waals surface area contributed by atoms with Gasteiger partial charge < -0.3 is 0 Å². The van der Waals surface area contributed by atoms with E-state index in [0.29, 0.717) is 5.92 Å². The van der Waals surface area contributed by atoms with E-state index in [1.165, 1.54) is 0 Å². The Balaban J connectivity index is 2.55. The third-order valence-corrected chi connectivity index (χ3v) is 1.39. The maximum Gasteiger partial charge on any atom is 0.113 e. The Hall–Kier alpha value is -1.29. The summed E-state index contributed by atoms with van der Waals surface area (Å²) < 4.78 is 0. The zero-order valence-electron chi connectivity index (χ0n) is 7.54. The van der Waals surface area contributed by atoms with Crippen molar-refractivity contribution in [3.63, 3.8) is 0 Å². The minimum atomic E-state index is 0.640. The van der Waals surface area contributed by atoms with Gasteiger partial charge in [-0.3, -0.25) is 0 Å². The van der Waals surface area contributed by atoms with Crippen LogP contribution in [0.1, 0.15) is 26.0 Å². The van der Waals surface area contributed by atoms with Crippen LogP contribution in [0.4, 0.5) is 0 Å². The van der Waals surface area contributed by atoms with E-state index in [0.717, 1.165) is 12.1 Å². The van der Waals surface area contributed by atoms with E-state index in [9.17, 15) is 0 Å². The van der Waals surface area contributed by atoms with Crippen LogP contribution in [-0.2, 0) is 0 Å². The highest BCUT2D eigenvalue weighted by molar-refractivity contribution is 5.26. The van der Waals surface area contributed by atoms with Crippen LogP contribution in [0.15, 0.2) is 24.4 Å². The van der Waals surface area contributed by atoms with Gasteiger partial charge >= 0.3 is 0 Å². The minimum absolute atomic E-state index is 0.640. The summed E-state index contributed by atoms with van der Waals surface area (Å²) in [6, 6.07) is 5.77. The average molecular weight is 159 g/mol. The molecule has 1 aromatic rings. The Morgan fingerprint density at radius 2 is 2.25 bits per heavy atom. The molecule has 1 aromatic heterocycles. The maximum absolute atomic E-state index is 4.10. The molecule has 0 saturated heterocycles. The monoisotopic (exact) mass is 159 g/mol. The average Bonchev–Trinajstić information content (AvgIpc) is 2.05. The second-order valence-electron chi connectivity index (χ2n) is 3.11.